The maximum atomic E-state index is 9.84. The van der Waals surface area contributed by atoms with Crippen LogP contribution in [-0.2, 0) is 0 Å². The van der Waals surface area contributed by atoms with Gasteiger partial charge in [0.1, 0.15) is 0 Å². The molecule has 0 radical (unpaired) electrons. The van der Waals surface area contributed by atoms with Gasteiger partial charge >= 0.3 is 0 Å². The number of hydrogen-bond donors (Lipinski definition) is 0. The summed E-state index contributed by atoms with van der Waals surface area (Å²) in [6.07, 6.45) is 6.33. The van der Waals surface area contributed by atoms with Crippen LogP contribution >= 0.6 is 0 Å². The number of fused-ring (bicyclic) bond motifs is 4. The van der Waals surface area contributed by atoms with Gasteiger partial charge in [0.2, 0.25) is 0 Å². The van der Waals surface area contributed by atoms with E-state index in [1.807, 2.05) is 30.3 Å². The van der Waals surface area contributed by atoms with Gasteiger partial charge in [-0.2, -0.15) is 10.5 Å². The Hall–Kier alpha value is -9.02. The highest BCUT2D eigenvalue weighted by Crippen LogP contribution is 2.58. The van der Waals surface area contributed by atoms with E-state index in [2.05, 4.69) is 224 Å². The third-order valence-electron chi connectivity index (χ3n) is 13.8. The molecule has 0 bridgehead atoms. The molecule has 2 aliphatic carbocycles. The van der Waals surface area contributed by atoms with E-state index in [0.717, 1.165) is 44.9 Å². The Bertz CT molecular complexity index is 3670. The van der Waals surface area contributed by atoms with Crippen LogP contribution in [-0.4, -0.2) is 0 Å². The molecule has 0 amide bonds. The van der Waals surface area contributed by atoms with Gasteiger partial charge in [-0.15, -0.1) is 0 Å². The first-order valence-corrected chi connectivity index (χ1v) is 23.2. The summed E-state index contributed by atoms with van der Waals surface area (Å²) in [5.41, 5.74) is 20.2. The lowest BCUT2D eigenvalue weighted by molar-refractivity contribution is 0.619. The number of para-hydroxylation sites is 1. The second kappa shape index (κ2) is 16.8. The fourth-order valence-electron chi connectivity index (χ4n) is 10.7. The minimum absolute atomic E-state index is 0.0726. The van der Waals surface area contributed by atoms with E-state index >= 15 is 0 Å². The van der Waals surface area contributed by atoms with Crippen LogP contribution in [0.2, 0.25) is 0 Å². The Morgan fingerprint density at radius 1 is 0.412 bits per heavy atom. The van der Waals surface area contributed by atoms with Crippen molar-refractivity contribution in [2.75, 3.05) is 4.90 Å². The monoisotopic (exact) mass is 865 g/mol. The van der Waals surface area contributed by atoms with Crippen LogP contribution in [0.3, 0.4) is 0 Å². The van der Waals surface area contributed by atoms with Gasteiger partial charge in [0, 0.05) is 17.1 Å². The summed E-state index contributed by atoms with van der Waals surface area (Å²) < 4.78 is 0. The van der Waals surface area contributed by atoms with Crippen LogP contribution in [0, 0.1) is 34.5 Å². The van der Waals surface area contributed by atoms with Crippen molar-refractivity contribution in [2.45, 2.75) is 6.92 Å². The first kappa shape index (κ1) is 40.5. The number of rotatable bonds is 8. The van der Waals surface area contributed by atoms with E-state index in [0.29, 0.717) is 5.56 Å². The Labute approximate surface area is 397 Å². The van der Waals surface area contributed by atoms with Gasteiger partial charge in [-0.3, -0.25) is 0 Å². The zero-order chi connectivity index (χ0) is 45.7. The smallest absolute Gasteiger partial charge is 0.0991 e. The molecule has 12 rings (SSSR count). The quantitative estimate of drug-likeness (QED) is 0.153. The van der Waals surface area contributed by atoms with Gasteiger partial charge in [0.25, 0.3) is 0 Å². The van der Waals surface area contributed by atoms with Crippen molar-refractivity contribution in [1.29, 1.82) is 10.5 Å². The average Bonchev–Trinajstić information content (AvgIpc) is 3.73. The van der Waals surface area contributed by atoms with Crippen LogP contribution in [0.15, 0.2) is 231 Å². The van der Waals surface area contributed by atoms with Gasteiger partial charge in [-0.05, 0) is 160 Å². The molecule has 68 heavy (non-hydrogen) atoms. The molecule has 0 aromatic heterocycles. The molecule has 0 saturated carbocycles. The van der Waals surface area contributed by atoms with Crippen molar-refractivity contribution in [2.24, 2.45) is 11.8 Å². The Morgan fingerprint density at radius 3 is 1.60 bits per heavy atom. The predicted molar refractivity (Wildman–Crippen MR) is 282 cm³/mol. The van der Waals surface area contributed by atoms with Crippen molar-refractivity contribution in [3.05, 3.63) is 242 Å². The molecule has 2 atom stereocenters. The van der Waals surface area contributed by atoms with Crippen molar-refractivity contribution < 1.29 is 0 Å². The zero-order valence-electron chi connectivity index (χ0n) is 37.4. The Morgan fingerprint density at radius 2 is 0.956 bits per heavy atom. The number of allylic oxidation sites excluding steroid dienone is 4. The standard InChI is InChI=1S/C65H43N3/c1-42-35-47(31-32-49(42)41-67)51-36-50(44-29-27-43(40-66)28-30-44)38-54(39-51)68(52-20-9-4-10-21-52)53-22-13-19-48(37-53)55-33-34-60-63-56(55)25-14-26-59(63)64-61(45-15-5-2-6-16-45)57-23-11-12-24-58(57)62(65(60)64)46-17-7-3-8-18-46/h2-39,42,49H,1H3. The minimum Gasteiger partial charge on any atom is -0.310 e. The highest BCUT2D eigenvalue weighted by atomic mass is 15.1. The van der Waals surface area contributed by atoms with Gasteiger partial charge in [-0.25, -0.2) is 0 Å². The Balaban J connectivity index is 1.06. The summed E-state index contributed by atoms with van der Waals surface area (Å²) in [6, 6.07) is 81.0. The molecule has 0 saturated heterocycles. The molecule has 0 N–H and O–H groups in total. The molecule has 3 nitrogen and oxygen atoms in total. The van der Waals surface area contributed by atoms with Gasteiger partial charge < -0.3 is 4.90 Å². The van der Waals surface area contributed by atoms with Crippen molar-refractivity contribution in [3.63, 3.8) is 0 Å². The number of anilines is 3. The van der Waals surface area contributed by atoms with E-state index in [9.17, 15) is 10.5 Å². The lowest BCUT2D eigenvalue weighted by atomic mass is 9.82. The molecule has 318 valence electrons. The topological polar surface area (TPSA) is 50.8 Å². The molecule has 0 heterocycles. The van der Waals surface area contributed by atoms with Crippen molar-refractivity contribution in [3.8, 4) is 78.9 Å². The second-order valence-electron chi connectivity index (χ2n) is 17.8. The Kier molecular flexibility index (Phi) is 9.98. The molecule has 0 aliphatic heterocycles. The summed E-state index contributed by atoms with van der Waals surface area (Å²) >= 11 is 0. The number of nitrogens with zero attached hydrogens (tertiary/aromatic N) is 3. The van der Waals surface area contributed by atoms with Gasteiger partial charge in [0.05, 0.1) is 23.6 Å². The van der Waals surface area contributed by atoms with Crippen LogP contribution in [0.5, 0.6) is 0 Å². The normalized spacial score (nSPS) is 14.5. The van der Waals surface area contributed by atoms with E-state index < -0.39 is 0 Å². The van der Waals surface area contributed by atoms with Gasteiger partial charge in [-0.1, -0.05) is 183 Å². The molecule has 0 spiro atoms. The molecule has 10 aromatic rings. The highest BCUT2D eigenvalue weighted by molar-refractivity contribution is 6.28. The lowest BCUT2D eigenvalue weighted by Crippen LogP contribution is -2.11. The largest absolute Gasteiger partial charge is 0.310 e. The molecular formula is C65H43N3. The van der Waals surface area contributed by atoms with E-state index in [1.165, 1.54) is 71.6 Å². The first-order chi connectivity index (χ1) is 33.6. The van der Waals surface area contributed by atoms with Crippen LogP contribution in [0.25, 0.3) is 93.9 Å². The fourth-order valence-corrected chi connectivity index (χ4v) is 10.7. The average molecular weight is 866 g/mol. The molecule has 2 aliphatic rings. The molecule has 3 heteroatoms. The van der Waals surface area contributed by atoms with E-state index in [1.54, 1.807) is 0 Å². The second-order valence-corrected chi connectivity index (χ2v) is 17.8. The summed E-state index contributed by atoms with van der Waals surface area (Å²) in [5.74, 6) is -0.0941. The predicted octanol–water partition coefficient (Wildman–Crippen LogP) is 17.4. The van der Waals surface area contributed by atoms with Crippen molar-refractivity contribution >= 4 is 44.2 Å². The summed E-state index contributed by atoms with van der Waals surface area (Å²) in [6.45, 7) is 2.11. The summed E-state index contributed by atoms with van der Waals surface area (Å²) in [4.78, 5) is 2.34. The summed E-state index contributed by atoms with van der Waals surface area (Å²) in [5, 5.41) is 24.5. The molecule has 10 aromatic carbocycles. The summed E-state index contributed by atoms with van der Waals surface area (Å²) in [7, 11) is 0. The lowest BCUT2D eigenvalue weighted by Gasteiger charge is -2.28. The number of nitriles is 2. The first-order valence-electron chi connectivity index (χ1n) is 23.2. The van der Waals surface area contributed by atoms with Crippen LogP contribution in [0.4, 0.5) is 17.1 Å². The maximum absolute atomic E-state index is 9.84. The highest BCUT2D eigenvalue weighted by Gasteiger charge is 2.31. The number of benzene rings is 10. The van der Waals surface area contributed by atoms with Crippen LogP contribution in [0.1, 0.15) is 18.1 Å². The van der Waals surface area contributed by atoms with E-state index in [-0.39, 0.29) is 11.8 Å². The molecule has 2 unspecified atom stereocenters. The number of hydrogen-bond acceptors (Lipinski definition) is 3. The van der Waals surface area contributed by atoms with Crippen LogP contribution < -0.4 is 4.90 Å². The zero-order valence-corrected chi connectivity index (χ0v) is 37.4. The minimum atomic E-state index is -0.167. The third-order valence-corrected chi connectivity index (χ3v) is 13.8. The molecular weight excluding hydrogens is 823 g/mol. The van der Waals surface area contributed by atoms with Crippen molar-refractivity contribution in [1.82, 2.24) is 0 Å². The SMILES string of the molecule is CC1C=C(c2cc(-c3ccc(C#N)cc3)cc(N(c3ccccc3)c3cccc(-c4ccc5c6c(cccc46)-c4c-5c(-c5ccccc5)c5ccccc5c4-c4ccccc4)c3)c2)C=CC1C#N. The maximum Gasteiger partial charge on any atom is 0.0991 e. The van der Waals surface area contributed by atoms with E-state index in [4.69, 9.17) is 0 Å². The fraction of sp³-hybridized carbons (Fsp3) is 0.0462. The molecule has 0 fully saturated rings. The third kappa shape index (κ3) is 6.81. The van der Waals surface area contributed by atoms with Gasteiger partial charge in [0.15, 0.2) is 0 Å².